The molecule has 2 unspecified atom stereocenters. The normalized spacial score (nSPS) is 23.3. The molecule has 0 saturated heterocycles. The Balaban J connectivity index is 1.92. The smallest absolute Gasteiger partial charge is 0.123 e. The predicted octanol–water partition coefficient (Wildman–Crippen LogP) is 3.83. The Hall–Kier alpha value is -0.190. The summed E-state index contributed by atoms with van der Waals surface area (Å²) in [4.78, 5) is 0. The van der Waals surface area contributed by atoms with Crippen molar-refractivity contribution >= 4 is 27.7 Å². The van der Waals surface area contributed by atoms with Crippen LogP contribution in [0.5, 0.6) is 5.75 Å². The number of methoxy groups -OCH3 is 1. The van der Waals surface area contributed by atoms with Gasteiger partial charge in [0.25, 0.3) is 0 Å². The van der Waals surface area contributed by atoms with E-state index in [1.165, 1.54) is 24.8 Å². The molecule has 18 heavy (non-hydrogen) atoms. The van der Waals surface area contributed by atoms with Crippen molar-refractivity contribution in [2.75, 3.05) is 13.4 Å². The van der Waals surface area contributed by atoms with Gasteiger partial charge in [0, 0.05) is 27.9 Å². The third kappa shape index (κ3) is 3.65. The minimum Gasteiger partial charge on any atom is -0.496 e. The van der Waals surface area contributed by atoms with Crippen LogP contribution in [0.1, 0.15) is 24.8 Å². The molecule has 0 bridgehead atoms. The van der Waals surface area contributed by atoms with Crippen molar-refractivity contribution in [2.24, 2.45) is 0 Å². The summed E-state index contributed by atoms with van der Waals surface area (Å²) in [6, 6.07) is 6.82. The molecule has 0 spiro atoms. The maximum Gasteiger partial charge on any atom is 0.123 e. The zero-order valence-electron chi connectivity index (χ0n) is 10.9. The van der Waals surface area contributed by atoms with Crippen molar-refractivity contribution in [1.29, 1.82) is 0 Å². The Morgan fingerprint density at radius 2 is 2.28 bits per heavy atom. The molecular weight excluding hydrogens is 310 g/mol. The van der Waals surface area contributed by atoms with E-state index in [1.54, 1.807) is 7.11 Å². The molecule has 1 aliphatic carbocycles. The quantitative estimate of drug-likeness (QED) is 0.886. The summed E-state index contributed by atoms with van der Waals surface area (Å²) in [6.07, 6.45) is 6.14. The minimum absolute atomic E-state index is 0.658. The van der Waals surface area contributed by atoms with Gasteiger partial charge in [-0.25, -0.2) is 0 Å². The van der Waals surface area contributed by atoms with Gasteiger partial charge in [0.1, 0.15) is 5.75 Å². The van der Waals surface area contributed by atoms with E-state index in [-0.39, 0.29) is 0 Å². The zero-order chi connectivity index (χ0) is 13.0. The van der Waals surface area contributed by atoms with Crippen molar-refractivity contribution in [1.82, 2.24) is 5.32 Å². The Labute approximate surface area is 122 Å². The SMILES string of the molecule is COc1ccc(Br)cc1CNC1CCC(SC)C1. The molecule has 1 aromatic carbocycles. The lowest BCUT2D eigenvalue weighted by Gasteiger charge is -2.15. The van der Waals surface area contributed by atoms with E-state index in [0.29, 0.717) is 6.04 Å². The van der Waals surface area contributed by atoms with Gasteiger partial charge >= 0.3 is 0 Å². The number of benzene rings is 1. The molecule has 1 N–H and O–H groups in total. The van der Waals surface area contributed by atoms with Crippen LogP contribution in [0.2, 0.25) is 0 Å². The third-order valence-corrected chi connectivity index (χ3v) is 5.13. The van der Waals surface area contributed by atoms with Crippen LogP contribution in [0.3, 0.4) is 0 Å². The lowest BCUT2D eigenvalue weighted by Crippen LogP contribution is -2.26. The van der Waals surface area contributed by atoms with Crippen LogP contribution in [0.15, 0.2) is 22.7 Å². The van der Waals surface area contributed by atoms with Gasteiger partial charge in [-0.1, -0.05) is 15.9 Å². The van der Waals surface area contributed by atoms with Gasteiger partial charge in [-0.3, -0.25) is 0 Å². The van der Waals surface area contributed by atoms with E-state index in [0.717, 1.165) is 22.0 Å². The van der Waals surface area contributed by atoms with Crippen molar-refractivity contribution < 1.29 is 4.74 Å². The second-order valence-electron chi connectivity index (χ2n) is 4.70. The predicted molar refractivity (Wildman–Crippen MR) is 82.5 cm³/mol. The molecule has 2 rings (SSSR count). The van der Waals surface area contributed by atoms with Crippen molar-refractivity contribution in [3.8, 4) is 5.75 Å². The molecule has 1 saturated carbocycles. The fourth-order valence-electron chi connectivity index (χ4n) is 2.48. The second kappa shape index (κ2) is 6.83. The van der Waals surface area contributed by atoms with Gasteiger partial charge in [0.15, 0.2) is 0 Å². The van der Waals surface area contributed by atoms with E-state index in [9.17, 15) is 0 Å². The van der Waals surface area contributed by atoms with E-state index < -0.39 is 0 Å². The third-order valence-electron chi connectivity index (χ3n) is 3.54. The fourth-order valence-corrected chi connectivity index (χ4v) is 3.68. The Morgan fingerprint density at radius 3 is 2.94 bits per heavy atom. The highest BCUT2D eigenvalue weighted by Crippen LogP contribution is 2.29. The van der Waals surface area contributed by atoms with Crippen molar-refractivity contribution in [3.05, 3.63) is 28.2 Å². The number of hydrogen-bond acceptors (Lipinski definition) is 3. The molecule has 100 valence electrons. The molecule has 1 aromatic rings. The summed E-state index contributed by atoms with van der Waals surface area (Å²) in [5, 5.41) is 4.49. The summed E-state index contributed by atoms with van der Waals surface area (Å²) in [5.41, 5.74) is 1.22. The van der Waals surface area contributed by atoms with Crippen LogP contribution in [-0.2, 0) is 6.54 Å². The molecule has 0 amide bonds. The Bertz CT molecular complexity index is 399. The molecule has 2 atom stereocenters. The molecule has 0 aromatic heterocycles. The molecule has 0 radical (unpaired) electrons. The number of thioether (sulfide) groups is 1. The largest absolute Gasteiger partial charge is 0.496 e. The first-order valence-electron chi connectivity index (χ1n) is 6.31. The average Bonchev–Trinajstić information content (AvgIpc) is 2.84. The van der Waals surface area contributed by atoms with Crippen LogP contribution < -0.4 is 10.1 Å². The summed E-state index contributed by atoms with van der Waals surface area (Å²) < 4.78 is 6.50. The number of nitrogens with one attached hydrogen (secondary N) is 1. The molecule has 4 heteroatoms. The lowest BCUT2D eigenvalue weighted by molar-refractivity contribution is 0.405. The highest BCUT2D eigenvalue weighted by atomic mass is 79.9. The van der Waals surface area contributed by atoms with Gasteiger partial charge in [-0.15, -0.1) is 0 Å². The zero-order valence-corrected chi connectivity index (χ0v) is 13.3. The van der Waals surface area contributed by atoms with Crippen LogP contribution in [0.4, 0.5) is 0 Å². The molecule has 2 nitrogen and oxygen atoms in total. The van der Waals surface area contributed by atoms with Crippen LogP contribution in [0.25, 0.3) is 0 Å². The first kappa shape index (κ1) is 14.2. The Morgan fingerprint density at radius 1 is 1.44 bits per heavy atom. The maximum atomic E-state index is 5.39. The van der Waals surface area contributed by atoms with E-state index in [2.05, 4.69) is 33.6 Å². The topological polar surface area (TPSA) is 21.3 Å². The molecule has 1 fully saturated rings. The number of halogens is 1. The highest BCUT2D eigenvalue weighted by Gasteiger charge is 2.23. The van der Waals surface area contributed by atoms with Crippen molar-refractivity contribution in [3.63, 3.8) is 0 Å². The maximum absolute atomic E-state index is 5.39. The number of rotatable bonds is 5. The highest BCUT2D eigenvalue weighted by molar-refractivity contribution is 9.10. The van der Waals surface area contributed by atoms with Gasteiger partial charge < -0.3 is 10.1 Å². The summed E-state index contributed by atoms with van der Waals surface area (Å²) in [6.45, 7) is 0.883. The first-order valence-corrected chi connectivity index (χ1v) is 8.39. The van der Waals surface area contributed by atoms with Gasteiger partial charge in [-0.05, 0) is 43.7 Å². The van der Waals surface area contributed by atoms with Crippen LogP contribution >= 0.6 is 27.7 Å². The molecule has 1 aliphatic rings. The monoisotopic (exact) mass is 329 g/mol. The molecular formula is C14H20BrNOS. The minimum atomic E-state index is 0.658. The summed E-state index contributed by atoms with van der Waals surface area (Å²) in [7, 11) is 1.73. The van der Waals surface area contributed by atoms with Gasteiger partial charge in [0.2, 0.25) is 0 Å². The average molecular weight is 330 g/mol. The Kier molecular flexibility index (Phi) is 5.39. The van der Waals surface area contributed by atoms with Crippen LogP contribution in [-0.4, -0.2) is 24.7 Å². The second-order valence-corrected chi connectivity index (χ2v) is 6.76. The summed E-state index contributed by atoms with van der Waals surface area (Å²) >= 11 is 5.51. The first-order chi connectivity index (χ1) is 8.72. The van der Waals surface area contributed by atoms with E-state index in [1.807, 2.05) is 23.9 Å². The number of hydrogen-bond donors (Lipinski definition) is 1. The van der Waals surface area contributed by atoms with E-state index in [4.69, 9.17) is 4.74 Å². The lowest BCUT2D eigenvalue weighted by atomic mass is 10.1. The number of ether oxygens (including phenoxy) is 1. The fraction of sp³-hybridized carbons (Fsp3) is 0.571. The summed E-state index contributed by atoms with van der Waals surface area (Å²) in [5.74, 6) is 0.963. The van der Waals surface area contributed by atoms with Crippen LogP contribution in [0, 0.1) is 0 Å². The molecule has 0 aliphatic heterocycles. The standard InChI is InChI=1S/C14H20BrNOS/c1-17-14-6-3-11(15)7-10(14)9-16-12-4-5-13(8-12)18-2/h3,6-7,12-13,16H,4-5,8-9H2,1-2H3. The van der Waals surface area contributed by atoms with Crippen molar-refractivity contribution in [2.45, 2.75) is 37.1 Å². The molecule has 0 heterocycles. The van der Waals surface area contributed by atoms with Gasteiger partial charge in [0.05, 0.1) is 7.11 Å². The van der Waals surface area contributed by atoms with Gasteiger partial charge in [-0.2, -0.15) is 11.8 Å². The van der Waals surface area contributed by atoms with E-state index >= 15 is 0 Å².